The number of hydrogen-bond donors (Lipinski definition) is 2. The standard InChI is InChI=1S/C22H15F3N2O3S/c23-22(24,25)18-13-9-16(10-14-18)6-5-15-7-11-17(12-8-15)21(28)27-19-3-1-2-4-20(19)31-30-29-26/h1-4,7-14H,26H2,(H,27,28). The van der Waals surface area contributed by atoms with Crippen LogP contribution in [0.1, 0.15) is 27.0 Å². The Balaban J connectivity index is 1.67. The number of benzene rings is 3. The first-order valence-corrected chi connectivity index (χ1v) is 9.51. The highest BCUT2D eigenvalue weighted by atomic mass is 32.2. The molecule has 0 aliphatic carbocycles. The number of rotatable bonds is 5. The first-order valence-electron chi connectivity index (χ1n) is 8.76. The van der Waals surface area contributed by atoms with Crippen molar-refractivity contribution in [1.82, 2.24) is 0 Å². The molecule has 0 spiro atoms. The Hall–Kier alpha value is -3.29. The lowest BCUT2D eigenvalue weighted by Gasteiger charge is -2.09. The zero-order valence-corrected chi connectivity index (χ0v) is 16.6. The van der Waals surface area contributed by atoms with Crippen LogP contribution in [0.15, 0.2) is 77.7 Å². The lowest BCUT2D eigenvalue weighted by atomic mass is 10.1. The third kappa shape index (κ3) is 6.34. The molecule has 0 aliphatic heterocycles. The molecule has 0 radical (unpaired) electrons. The molecule has 0 saturated heterocycles. The van der Waals surface area contributed by atoms with Crippen molar-refractivity contribution in [3.63, 3.8) is 0 Å². The van der Waals surface area contributed by atoms with Gasteiger partial charge in [0.05, 0.1) is 28.2 Å². The second-order valence-electron chi connectivity index (χ2n) is 6.10. The summed E-state index contributed by atoms with van der Waals surface area (Å²) < 4.78 is 42.4. The van der Waals surface area contributed by atoms with Crippen LogP contribution >= 0.6 is 12.0 Å². The molecule has 9 heteroatoms. The fraction of sp³-hybridized carbons (Fsp3) is 0.0455. The van der Waals surface area contributed by atoms with Gasteiger partial charge >= 0.3 is 6.18 Å². The molecule has 0 aliphatic rings. The van der Waals surface area contributed by atoms with Crippen molar-refractivity contribution < 1.29 is 27.3 Å². The molecule has 158 valence electrons. The van der Waals surface area contributed by atoms with E-state index in [9.17, 15) is 18.0 Å². The number of para-hydroxylation sites is 1. The SMILES string of the molecule is NOOSc1ccccc1NC(=O)c1ccc(C#Cc2ccc(C(F)(F)F)cc2)cc1. The maximum Gasteiger partial charge on any atom is 0.416 e. The molecule has 0 saturated carbocycles. The molecule has 31 heavy (non-hydrogen) atoms. The van der Waals surface area contributed by atoms with Gasteiger partial charge in [-0.2, -0.15) is 19.1 Å². The summed E-state index contributed by atoms with van der Waals surface area (Å²) in [7, 11) is 0. The highest BCUT2D eigenvalue weighted by molar-refractivity contribution is 7.94. The van der Waals surface area contributed by atoms with Gasteiger partial charge in [0.1, 0.15) is 0 Å². The van der Waals surface area contributed by atoms with Crippen LogP contribution in [-0.4, -0.2) is 5.91 Å². The third-order valence-electron chi connectivity index (χ3n) is 4.01. The van der Waals surface area contributed by atoms with Gasteiger partial charge in [0.15, 0.2) is 0 Å². The smallest absolute Gasteiger partial charge is 0.321 e. The van der Waals surface area contributed by atoms with E-state index in [0.29, 0.717) is 27.3 Å². The van der Waals surface area contributed by atoms with Crippen LogP contribution in [0, 0.1) is 11.8 Å². The van der Waals surface area contributed by atoms with E-state index in [1.54, 1.807) is 48.5 Å². The van der Waals surface area contributed by atoms with E-state index in [4.69, 9.17) is 5.90 Å². The molecule has 0 heterocycles. The predicted molar refractivity (Wildman–Crippen MR) is 110 cm³/mol. The molecule has 0 aromatic heterocycles. The minimum atomic E-state index is -4.38. The summed E-state index contributed by atoms with van der Waals surface area (Å²) in [6.07, 6.45) is -4.38. The summed E-state index contributed by atoms with van der Waals surface area (Å²) in [5, 5.41) is 2.77. The van der Waals surface area contributed by atoms with E-state index in [2.05, 4.69) is 26.5 Å². The van der Waals surface area contributed by atoms with Crippen molar-refractivity contribution >= 4 is 23.6 Å². The fourth-order valence-electron chi connectivity index (χ4n) is 2.49. The third-order valence-corrected chi connectivity index (χ3v) is 4.69. The van der Waals surface area contributed by atoms with Crippen LogP contribution in [0.25, 0.3) is 0 Å². The average molecular weight is 444 g/mol. The molecule has 3 aromatic carbocycles. The maximum atomic E-state index is 12.6. The first-order chi connectivity index (χ1) is 14.9. The van der Waals surface area contributed by atoms with Crippen molar-refractivity contribution in [3.8, 4) is 11.8 Å². The Morgan fingerprint density at radius 1 is 0.903 bits per heavy atom. The Kier molecular flexibility index (Phi) is 7.33. The van der Waals surface area contributed by atoms with E-state index in [1.165, 1.54) is 12.1 Å². The number of anilines is 1. The van der Waals surface area contributed by atoms with Crippen LogP contribution in [0.5, 0.6) is 0 Å². The largest absolute Gasteiger partial charge is 0.416 e. The Labute approximate surface area is 180 Å². The van der Waals surface area contributed by atoms with Gasteiger partial charge in [-0.15, -0.1) is 9.32 Å². The van der Waals surface area contributed by atoms with Crippen molar-refractivity contribution in [2.24, 2.45) is 5.90 Å². The lowest BCUT2D eigenvalue weighted by molar-refractivity contribution is -0.195. The van der Waals surface area contributed by atoms with Crippen molar-refractivity contribution in [1.29, 1.82) is 0 Å². The van der Waals surface area contributed by atoms with Gasteiger partial charge < -0.3 is 5.32 Å². The molecule has 3 N–H and O–H groups in total. The first kappa shape index (κ1) is 22.4. The quantitative estimate of drug-likeness (QED) is 0.245. The normalized spacial score (nSPS) is 10.8. The summed E-state index contributed by atoms with van der Waals surface area (Å²) >= 11 is 0.851. The molecule has 0 unspecified atom stereocenters. The van der Waals surface area contributed by atoms with Crippen LogP contribution in [0.4, 0.5) is 18.9 Å². The number of hydrogen-bond acceptors (Lipinski definition) is 5. The molecule has 0 bridgehead atoms. The number of carbonyl (C=O) groups excluding carboxylic acids is 1. The Morgan fingerprint density at radius 2 is 1.48 bits per heavy atom. The van der Waals surface area contributed by atoms with Gasteiger partial charge in [-0.05, 0) is 60.7 Å². The number of nitrogens with two attached hydrogens (primary N) is 1. The van der Waals surface area contributed by atoms with Crippen molar-refractivity contribution in [2.45, 2.75) is 11.1 Å². The summed E-state index contributed by atoms with van der Waals surface area (Å²) in [4.78, 5) is 17.2. The van der Waals surface area contributed by atoms with E-state index in [-0.39, 0.29) is 5.91 Å². The fourth-order valence-corrected chi connectivity index (χ4v) is 2.94. The van der Waals surface area contributed by atoms with Gasteiger partial charge in [0.25, 0.3) is 5.91 Å². The summed E-state index contributed by atoms with van der Waals surface area (Å²) in [5.74, 6) is 10.1. The van der Waals surface area contributed by atoms with Crippen LogP contribution in [0.2, 0.25) is 0 Å². The molecular formula is C22H15F3N2O3S. The van der Waals surface area contributed by atoms with E-state index in [1.807, 2.05) is 0 Å². The number of nitrogens with one attached hydrogen (secondary N) is 1. The molecule has 3 rings (SSSR count). The number of amides is 1. The maximum absolute atomic E-state index is 12.6. The van der Waals surface area contributed by atoms with Gasteiger partial charge in [0, 0.05) is 16.7 Å². The zero-order chi connectivity index (χ0) is 22.3. The highest BCUT2D eigenvalue weighted by Crippen LogP contribution is 2.29. The average Bonchev–Trinajstić information content (AvgIpc) is 2.77. The van der Waals surface area contributed by atoms with E-state index < -0.39 is 11.7 Å². The Bertz CT molecular complexity index is 1110. The van der Waals surface area contributed by atoms with Gasteiger partial charge in [0.2, 0.25) is 0 Å². The molecular weight excluding hydrogens is 429 g/mol. The Morgan fingerprint density at radius 3 is 2.06 bits per heavy atom. The number of alkyl halides is 3. The summed E-state index contributed by atoms with van der Waals surface area (Å²) in [5.41, 5.74) is 1.25. The minimum absolute atomic E-state index is 0.344. The molecule has 0 fully saturated rings. The van der Waals surface area contributed by atoms with Crippen molar-refractivity contribution in [3.05, 3.63) is 95.1 Å². The topological polar surface area (TPSA) is 73.6 Å². The summed E-state index contributed by atoms with van der Waals surface area (Å²) in [6.45, 7) is 0. The van der Waals surface area contributed by atoms with Crippen molar-refractivity contribution in [2.75, 3.05) is 5.32 Å². The van der Waals surface area contributed by atoms with Gasteiger partial charge in [-0.3, -0.25) is 4.79 Å². The highest BCUT2D eigenvalue weighted by Gasteiger charge is 2.29. The van der Waals surface area contributed by atoms with Gasteiger partial charge in [-0.25, -0.2) is 0 Å². The van der Waals surface area contributed by atoms with Crippen LogP contribution in [-0.2, 0) is 15.5 Å². The summed E-state index contributed by atoms with van der Waals surface area (Å²) in [6, 6.07) is 18.0. The van der Waals surface area contributed by atoms with E-state index >= 15 is 0 Å². The molecule has 3 aromatic rings. The van der Waals surface area contributed by atoms with Crippen LogP contribution in [0.3, 0.4) is 0 Å². The number of carbonyl (C=O) groups is 1. The second-order valence-corrected chi connectivity index (χ2v) is 6.84. The van der Waals surface area contributed by atoms with E-state index in [0.717, 1.165) is 24.2 Å². The molecule has 0 atom stereocenters. The predicted octanol–water partition coefficient (Wildman–Crippen LogP) is 5.19. The van der Waals surface area contributed by atoms with Gasteiger partial charge in [-0.1, -0.05) is 24.0 Å². The zero-order valence-electron chi connectivity index (χ0n) is 15.8. The second kappa shape index (κ2) is 10.1. The lowest BCUT2D eigenvalue weighted by Crippen LogP contribution is -2.12. The minimum Gasteiger partial charge on any atom is -0.321 e. The molecule has 5 nitrogen and oxygen atoms in total. The molecule has 1 amide bonds. The van der Waals surface area contributed by atoms with Crippen LogP contribution < -0.4 is 11.2 Å². The monoisotopic (exact) mass is 444 g/mol. The number of halogens is 3.